The van der Waals surface area contributed by atoms with E-state index in [0.29, 0.717) is 30.7 Å². The van der Waals surface area contributed by atoms with Crippen molar-refractivity contribution in [2.24, 2.45) is 0 Å². The van der Waals surface area contributed by atoms with Gasteiger partial charge in [0.25, 0.3) is 5.91 Å². The van der Waals surface area contributed by atoms with E-state index >= 15 is 0 Å². The zero-order chi connectivity index (χ0) is 11.8. The van der Waals surface area contributed by atoms with Crippen LogP contribution in [0.1, 0.15) is 20.8 Å². The summed E-state index contributed by atoms with van der Waals surface area (Å²) in [5, 5.41) is 11.0. The average Bonchev–Trinajstić information content (AvgIpc) is 2.77. The van der Waals surface area contributed by atoms with Crippen LogP contribution in [-0.4, -0.2) is 48.6 Å². The summed E-state index contributed by atoms with van der Waals surface area (Å²) in [7, 11) is 0. The Morgan fingerprint density at radius 3 is 3.00 bits per heavy atom. The van der Waals surface area contributed by atoms with Gasteiger partial charge in [0.15, 0.2) is 6.29 Å². The third-order valence-electron chi connectivity index (χ3n) is 1.85. The lowest BCUT2D eigenvalue weighted by atomic mass is 10.3. The zero-order valence-corrected chi connectivity index (χ0v) is 8.73. The first-order valence-corrected chi connectivity index (χ1v) is 4.88. The van der Waals surface area contributed by atoms with Crippen LogP contribution < -0.4 is 5.32 Å². The van der Waals surface area contributed by atoms with Gasteiger partial charge in [0.05, 0.1) is 19.8 Å². The summed E-state index contributed by atoms with van der Waals surface area (Å²) in [6.07, 6.45) is 2.13. The van der Waals surface area contributed by atoms with Crippen molar-refractivity contribution >= 4 is 12.2 Å². The molecule has 88 valence electrons. The second kappa shape index (κ2) is 6.76. The smallest absolute Gasteiger partial charge is 0.267 e. The highest BCUT2D eigenvalue weighted by molar-refractivity contribution is 5.94. The van der Waals surface area contributed by atoms with Crippen LogP contribution in [0.5, 0.6) is 0 Å². The lowest BCUT2D eigenvalue weighted by molar-refractivity contribution is 0.0835. The normalized spacial score (nSPS) is 10.1. The predicted molar refractivity (Wildman–Crippen MR) is 56.4 cm³/mol. The minimum absolute atomic E-state index is 0.0345. The highest BCUT2D eigenvalue weighted by Crippen LogP contribution is 1.99. The van der Waals surface area contributed by atoms with Crippen molar-refractivity contribution in [2.75, 3.05) is 26.4 Å². The number of H-pyrrole nitrogens is 1. The summed E-state index contributed by atoms with van der Waals surface area (Å²) in [4.78, 5) is 24.5. The number of aromatic amines is 1. The molecular weight excluding hydrogens is 212 g/mol. The number of hydrogen-bond acceptors (Lipinski definition) is 4. The van der Waals surface area contributed by atoms with Crippen molar-refractivity contribution in [3.8, 4) is 0 Å². The van der Waals surface area contributed by atoms with Gasteiger partial charge in [0.1, 0.15) is 5.69 Å². The van der Waals surface area contributed by atoms with E-state index < -0.39 is 0 Å². The van der Waals surface area contributed by atoms with Crippen LogP contribution in [0, 0.1) is 0 Å². The topological polar surface area (TPSA) is 91.4 Å². The summed E-state index contributed by atoms with van der Waals surface area (Å²) < 4.78 is 4.96. The monoisotopic (exact) mass is 226 g/mol. The fourth-order valence-corrected chi connectivity index (χ4v) is 1.11. The van der Waals surface area contributed by atoms with E-state index in [1.165, 1.54) is 12.3 Å². The number of aliphatic hydroxyl groups is 1. The van der Waals surface area contributed by atoms with Crippen molar-refractivity contribution in [1.82, 2.24) is 10.3 Å². The molecule has 0 aromatic carbocycles. The van der Waals surface area contributed by atoms with Crippen molar-refractivity contribution in [2.45, 2.75) is 0 Å². The minimum Gasteiger partial charge on any atom is -0.394 e. The molecule has 6 heteroatoms. The molecule has 0 fully saturated rings. The molecule has 1 aromatic heterocycles. The molecule has 1 rings (SSSR count). The van der Waals surface area contributed by atoms with Gasteiger partial charge >= 0.3 is 0 Å². The van der Waals surface area contributed by atoms with Gasteiger partial charge in [-0.25, -0.2) is 0 Å². The Labute approximate surface area is 92.6 Å². The maximum atomic E-state index is 11.4. The average molecular weight is 226 g/mol. The number of carbonyl (C=O) groups excluding carboxylic acids is 2. The van der Waals surface area contributed by atoms with Crippen LogP contribution in [0.2, 0.25) is 0 Å². The fraction of sp³-hybridized carbons (Fsp3) is 0.400. The van der Waals surface area contributed by atoms with Crippen molar-refractivity contribution in [3.63, 3.8) is 0 Å². The van der Waals surface area contributed by atoms with E-state index in [4.69, 9.17) is 9.84 Å². The molecule has 0 aliphatic rings. The summed E-state index contributed by atoms with van der Waals surface area (Å²) >= 11 is 0. The summed E-state index contributed by atoms with van der Waals surface area (Å²) in [6.45, 7) is 0.919. The maximum absolute atomic E-state index is 11.4. The Morgan fingerprint density at radius 1 is 1.56 bits per heavy atom. The van der Waals surface area contributed by atoms with Gasteiger partial charge in [-0.05, 0) is 6.07 Å². The van der Waals surface area contributed by atoms with Gasteiger partial charge in [0, 0.05) is 18.3 Å². The second-order valence-corrected chi connectivity index (χ2v) is 3.06. The van der Waals surface area contributed by atoms with E-state index in [1.54, 1.807) is 0 Å². The molecule has 1 aromatic rings. The van der Waals surface area contributed by atoms with E-state index in [0.717, 1.165) is 0 Å². The van der Waals surface area contributed by atoms with Crippen LogP contribution in [0.15, 0.2) is 12.3 Å². The van der Waals surface area contributed by atoms with Crippen LogP contribution in [0.3, 0.4) is 0 Å². The first kappa shape index (κ1) is 12.4. The Balaban J connectivity index is 2.27. The molecule has 1 amide bonds. The second-order valence-electron chi connectivity index (χ2n) is 3.06. The molecule has 0 saturated heterocycles. The van der Waals surface area contributed by atoms with Gasteiger partial charge in [-0.2, -0.15) is 0 Å². The van der Waals surface area contributed by atoms with Gasteiger partial charge < -0.3 is 20.1 Å². The molecule has 0 atom stereocenters. The summed E-state index contributed by atoms with van der Waals surface area (Å²) in [5.74, 6) is -0.291. The summed E-state index contributed by atoms with van der Waals surface area (Å²) in [5.41, 5.74) is 0.769. The molecule has 0 aliphatic carbocycles. The molecule has 0 saturated carbocycles. The van der Waals surface area contributed by atoms with Crippen LogP contribution in [0.4, 0.5) is 0 Å². The van der Waals surface area contributed by atoms with Crippen molar-refractivity contribution in [1.29, 1.82) is 0 Å². The number of rotatable bonds is 7. The number of amides is 1. The van der Waals surface area contributed by atoms with E-state index in [-0.39, 0.29) is 19.1 Å². The number of aromatic nitrogens is 1. The molecule has 16 heavy (non-hydrogen) atoms. The highest BCUT2D eigenvalue weighted by atomic mass is 16.5. The maximum Gasteiger partial charge on any atom is 0.267 e. The molecule has 0 unspecified atom stereocenters. The van der Waals surface area contributed by atoms with Gasteiger partial charge in [-0.15, -0.1) is 0 Å². The number of aldehydes is 1. The molecule has 0 radical (unpaired) electrons. The Hall–Kier alpha value is -1.66. The molecule has 1 heterocycles. The summed E-state index contributed by atoms with van der Waals surface area (Å²) in [6, 6.07) is 1.47. The molecular formula is C10H14N2O4. The third-order valence-corrected chi connectivity index (χ3v) is 1.85. The number of ether oxygens (including phenoxy) is 1. The van der Waals surface area contributed by atoms with Gasteiger partial charge in [0.2, 0.25) is 0 Å². The largest absolute Gasteiger partial charge is 0.394 e. The molecule has 0 aliphatic heterocycles. The number of hydrogen-bond donors (Lipinski definition) is 3. The molecule has 6 nitrogen and oxygen atoms in total. The fourth-order valence-electron chi connectivity index (χ4n) is 1.11. The predicted octanol–water partition coefficient (Wildman–Crippen LogP) is -0.434. The molecule has 0 bridgehead atoms. The van der Waals surface area contributed by atoms with Gasteiger partial charge in [-0.1, -0.05) is 0 Å². The van der Waals surface area contributed by atoms with Crippen LogP contribution in [0.25, 0.3) is 0 Å². The number of nitrogens with one attached hydrogen (secondary N) is 2. The van der Waals surface area contributed by atoms with Crippen LogP contribution >= 0.6 is 0 Å². The third kappa shape index (κ3) is 3.84. The Kier molecular flexibility index (Phi) is 5.24. The first-order valence-electron chi connectivity index (χ1n) is 4.88. The van der Waals surface area contributed by atoms with E-state index in [2.05, 4.69) is 10.3 Å². The first-order chi connectivity index (χ1) is 7.77. The Morgan fingerprint density at radius 2 is 2.38 bits per heavy atom. The van der Waals surface area contributed by atoms with Crippen molar-refractivity contribution < 1.29 is 19.4 Å². The van der Waals surface area contributed by atoms with Gasteiger partial charge in [-0.3, -0.25) is 9.59 Å². The van der Waals surface area contributed by atoms with E-state index in [9.17, 15) is 9.59 Å². The Bertz CT molecular complexity index is 348. The standard InChI is InChI=1S/C10H14N2O4/c13-2-4-16-3-1-11-10(15)9-5-8(7-14)6-12-9/h5-7,12-13H,1-4H2,(H,11,15). The number of carbonyl (C=O) groups is 2. The highest BCUT2D eigenvalue weighted by Gasteiger charge is 2.06. The van der Waals surface area contributed by atoms with Crippen molar-refractivity contribution in [3.05, 3.63) is 23.5 Å². The zero-order valence-electron chi connectivity index (χ0n) is 8.73. The molecule has 0 spiro atoms. The quantitative estimate of drug-likeness (QED) is 0.434. The minimum atomic E-state index is -0.291. The SMILES string of the molecule is O=Cc1c[nH]c(C(=O)NCCOCCO)c1. The number of aliphatic hydroxyl groups excluding tert-OH is 1. The lowest BCUT2D eigenvalue weighted by Crippen LogP contribution is -2.27. The van der Waals surface area contributed by atoms with E-state index in [1.807, 2.05) is 0 Å². The lowest BCUT2D eigenvalue weighted by Gasteiger charge is -2.03. The van der Waals surface area contributed by atoms with Crippen LogP contribution in [-0.2, 0) is 4.74 Å². The molecule has 3 N–H and O–H groups in total.